The highest BCUT2D eigenvalue weighted by Gasteiger charge is 2.35. The molecule has 0 spiro atoms. The second-order valence-electron chi connectivity index (χ2n) is 4.54. The molecule has 6 nitrogen and oxygen atoms in total. The summed E-state index contributed by atoms with van der Waals surface area (Å²) in [6.45, 7) is 0.166. The minimum absolute atomic E-state index is 0.166. The van der Waals surface area contributed by atoms with Crippen molar-refractivity contribution in [3.8, 4) is 6.07 Å². The third-order valence-electron chi connectivity index (χ3n) is 3.30. The standard InChI is InChI=1S/C13H12FN3O3S/c14-11-4-3-5-12(10(11)8-15)21(19,20)17-7-2-1-6-13(17)16-9-18/h3-5,13H,1-2,6-7H2. The Hall–Kier alpha value is -2.07. The normalized spacial score (nSPS) is 19.5. The van der Waals surface area contributed by atoms with Gasteiger partial charge in [0, 0.05) is 6.54 Å². The minimum atomic E-state index is -4.10. The van der Waals surface area contributed by atoms with Crippen molar-refractivity contribution in [2.24, 2.45) is 4.99 Å². The summed E-state index contributed by atoms with van der Waals surface area (Å²) in [4.78, 5) is 13.5. The van der Waals surface area contributed by atoms with Gasteiger partial charge in [-0.15, -0.1) is 0 Å². The molecule has 1 saturated heterocycles. The van der Waals surface area contributed by atoms with Crippen LogP contribution in [0, 0.1) is 17.1 Å². The molecule has 1 aromatic rings. The van der Waals surface area contributed by atoms with E-state index in [4.69, 9.17) is 5.26 Å². The lowest BCUT2D eigenvalue weighted by atomic mass is 10.1. The van der Waals surface area contributed by atoms with E-state index in [1.807, 2.05) is 0 Å². The summed E-state index contributed by atoms with van der Waals surface area (Å²) in [5.41, 5.74) is -0.531. The lowest BCUT2D eigenvalue weighted by molar-refractivity contribution is 0.259. The van der Waals surface area contributed by atoms with Crippen molar-refractivity contribution in [3.05, 3.63) is 29.6 Å². The Morgan fingerprint density at radius 2 is 2.14 bits per heavy atom. The Kier molecular flexibility index (Phi) is 4.48. The van der Waals surface area contributed by atoms with Crippen LogP contribution >= 0.6 is 0 Å². The fourth-order valence-corrected chi connectivity index (χ4v) is 4.06. The first kappa shape index (κ1) is 15.3. The number of halogens is 1. The average molecular weight is 309 g/mol. The quantitative estimate of drug-likeness (QED) is 0.625. The number of nitrogens with zero attached hydrogens (tertiary/aromatic N) is 3. The van der Waals surface area contributed by atoms with Gasteiger partial charge in [0.15, 0.2) is 0 Å². The smallest absolute Gasteiger partial charge is 0.211 e. The van der Waals surface area contributed by atoms with E-state index in [1.165, 1.54) is 18.2 Å². The topological polar surface area (TPSA) is 90.6 Å². The van der Waals surface area contributed by atoms with Crippen molar-refractivity contribution < 1.29 is 17.6 Å². The van der Waals surface area contributed by atoms with Crippen LogP contribution in [0.1, 0.15) is 24.8 Å². The summed E-state index contributed by atoms with van der Waals surface area (Å²) in [7, 11) is -4.10. The molecule has 0 bridgehead atoms. The number of benzene rings is 1. The third kappa shape index (κ3) is 2.85. The molecule has 0 aromatic heterocycles. The van der Waals surface area contributed by atoms with Gasteiger partial charge in [0.25, 0.3) is 0 Å². The molecule has 0 radical (unpaired) electrons. The summed E-state index contributed by atoms with van der Waals surface area (Å²) in [6.07, 6.45) is 2.25. The van der Waals surface area contributed by atoms with Gasteiger partial charge in [0.05, 0.1) is 0 Å². The van der Waals surface area contributed by atoms with Crippen LogP contribution < -0.4 is 0 Å². The minimum Gasteiger partial charge on any atom is -0.211 e. The van der Waals surface area contributed by atoms with Crippen molar-refractivity contribution in [2.45, 2.75) is 30.3 Å². The highest BCUT2D eigenvalue weighted by Crippen LogP contribution is 2.28. The summed E-state index contributed by atoms with van der Waals surface area (Å²) in [5, 5.41) is 8.97. The van der Waals surface area contributed by atoms with Crippen LogP contribution in [0.15, 0.2) is 28.1 Å². The Morgan fingerprint density at radius 3 is 2.81 bits per heavy atom. The van der Waals surface area contributed by atoms with Crippen molar-refractivity contribution in [3.63, 3.8) is 0 Å². The maximum atomic E-state index is 13.6. The first-order chi connectivity index (χ1) is 10.0. The van der Waals surface area contributed by atoms with E-state index in [0.29, 0.717) is 12.8 Å². The molecule has 1 heterocycles. The van der Waals surface area contributed by atoms with Crippen molar-refractivity contribution in [1.82, 2.24) is 4.31 Å². The molecule has 1 unspecified atom stereocenters. The van der Waals surface area contributed by atoms with Gasteiger partial charge in [-0.1, -0.05) is 6.07 Å². The van der Waals surface area contributed by atoms with E-state index in [9.17, 15) is 17.6 Å². The summed E-state index contributed by atoms with van der Waals surface area (Å²) in [6, 6.07) is 4.99. The number of carbonyl (C=O) groups excluding carboxylic acids is 1. The monoisotopic (exact) mass is 309 g/mol. The largest absolute Gasteiger partial charge is 0.246 e. The van der Waals surface area contributed by atoms with E-state index in [1.54, 1.807) is 6.07 Å². The average Bonchev–Trinajstić information content (AvgIpc) is 2.47. The molecule has 0 aliphatic carbocycles. The van der Waals surface area contributed by atoms with Crippen LogP contribution in [0.2, 0.25) is 0 Å². The molecule has 1 aromatic carbocycles. The predicted molar refractivity (Wildman–Crippen MR) is 70.8 cm³/mol. The fraction of sp³-hybridized carbons (Fsp3) is 0.385. The Labute approximate surface area is 121 Å². The van der Waals surface area contributed by atoms with Crippen LogP contribution in [-0.4, -0.2) is 31.5 Å². The Morgan fingerprint density at radius 1 is 1.38 bits per heavy atom. The van der Waals surface area contributed by atoms with Gasteiger partial charge in [-0.05, 0) is 31.4 Å². The molecule has 2 rings (SSSR count). The maximum Gasteiger partial charge on any atom is 0.246 e. The van der Waals surface area contributed by atoms with Crippen molar-refractivity contribution >= 4 is 16.1 Å². The highest BCUT2D eigenvalue weighted by atomic mass is 32.2. The molecular weight excluding hydrogens is 297 g/mol. The van der Waals surface area contributed by atoms with E-state index >= 15 is 0 Å². The second-order valence-corrected chi connectivity index (χ2v) is 6.40. The van der Waals surface area contributed by atoms with Gasteiger partial charge in [-0.3, -0.25) is 0 Å². The van der Waals surface area contributed by atoms with E-state index in [-0.39, 0.29) is 6.54 Å². The molecule has 1 fully saturated rings. The third-order valence-corrected chi connectivity index (χ3v) is 5.24. The number of hydrogen-bond acceptors (Lipinski definition) is 5. The molecular formula is C13H12FN3O3S. The number of hydrogen-bond donors (Lipinski definition) is 0. The zero-order valence-corrected chi connectivity index (χ0v) is 11.8. The SMILES string of the molecule is N#Cc1c(F)cccc1S(=O)(=O)N1CCCCC1N=C=O. The molecule has 8 heteroatoms. The van der Waals surface area contributed by atoms with Gasteiger partial charge in [0.1, 0.15) is 28.5 Å². The van der Waals surface area contributed by atoms with E-state index in [0.717, 1.165) is 16.8 Å². The van der Waals surface area contributed by atoms with Gasteiger partial charge in [0.2, 0.25) is 16.1 Å². The van der Waals surface area contributed by atoms with Crippen molar-refractivity contribution in [2.75, 3.05) is 6.54 Å². The second kappa shape index (κ2) is 6.14. The number of isocyanates is 1. The molecule has 1 atom stereocenters. The van der Waals surface area contributed by atoms with Crippen LogP contribution in [0.3, 0.4) is 0 Å². The number of piperidine rings is 1. The molecule has 110 valence electrons. The van der Waals surface area contributed by atoms with Crippen LogP contribution in [0.4, 0.5) is 4.39 Å². The van der Waals surface area contributed by atoms with Crippen LogP contribution in [0.5, 0.6) is 0 Å². The van der Waals surface area contributed by atoms with Gasteiger partial charge in [-0.2, -0.15) is 14.6 Å². The van der Waals surface area contributed by atoms with E-state index in [2.05, 4.69) is 4.99 Å². The zero-order chi connectivity index (χ0) is 15.5. The van der Waals surface area contributed by atoms with Crippen molar-refractivity contribution in [1.29, 1.82) is 5.26 Å². The number of rotatable bonds is 3. The van der Waals surface area contributed by atoms with Gasteiger partial charge >= 0.3 is 0 Å². The summed E-state index contributed by atoms with van der Waals surface area (Å²) < 4.78 is 39.9. The Bertz CT molecular complexity index is 736. The molecule has 0 amide bonds. The predicted octanol–water partition coefficient (Wildman–Crippen LogP) is 1.53. The highest BCUT2D eigenvalue weighted by molar-refractivity contribution is 7.89. The van der Waals surface area contributed by atoms with Crippen LogP contribution in [-0.2, 0) is 14.8 Å². The summed E-state index contributed by atoms with van der Waals surface area (Å²) >= 11 is 0. The van der Waals surface area contributed by atoms with Gasteiger partial charge in [-0.25, -0.2) is 17.6 Å². The zero-order valence-electron chi connectivity index (χ0n) is 11.0. The summed E-state index contributed by atoms with van der Waals surface area (Å²) in [5.74, 6) is -0.897. The van der Waals surface area contributed by atoms with Gasteiger partial charge < -0.3 is 0 Å². The number of aliphatic imine (C=N–C) groups is 1. The number of nitriles is 1. The fourth-order valence-electron chi connectivity index (χ4n) is 2.31. The molecule has 0 N–H and O–H groups in total. The molecule has 1 aliphatic heterocycles. The number of sulfonamides is 1. The lowest BCUT2D eigenvalue weighted by Crippen LogP contribution is -2.42. The first-order valence-corrected chi connectivity index (χ1v) is 7.74. The first-order valence-electron chi connectivity index (χ1n) is 6.30. The van der Waals surface area contributed by atoms with E-state index < -0.39 is 32.5 Å². The van der Waals surface area contributed by atoms with Crippen LogP contribution in [0.25, 0.3) is 0 Å². The lowest BCUT2D eigenvalue weighted by Gasteiger charge is -2.31. The Balaban J connectivity index is 2.54. The molecule has 0 saturated carbocycles. The molecule has 1 aliphatic rings. The maximum absolute atomic E-state index is 13.6. The molecule has 21 heavy (non-hydrogen) atoms.